The first-order valence-corrected chi connectivity index (χ1v) is 6.48. The highest BCUT2D eigenvalue weighted by Crippen LogP contribution is 2.31. The van der Waals surface area contributed by atoms with Crippen molar-refractivity contribution < 1.29 is 19.1 Å². The van der Waals surface area contributed by atoms with Crippen LogP contribution in [0, 0.1) is 6.92 Å². The van der Waals surface area contributed by atoms with E-state index in [2.05, 4.69) is 5.32 Å². The van der Waals surface area contributed by atoms with Gasteiger partial charge in [-0.3, -0.25) is 4.79 Å². The molecule has 5 nitrogen and oxygen atoms in total. The van der Waals surface area contributed by atoms with Gasteiger partial charge in [0.05, 0.1) is 11.3 Å². The predicted octanol–water partition coefficient (Wildman–Crippen LogP) is 2.55. The van der Waals surface area contributed by atoms with E-state index in [9.17, 15) is 9.59 Å². The number of carbonyl (C=O) groups excluding carboxylic acids is 2. The second-order valence-corrected chi connectivity index (χ2v) is 4.70. The molecule has 0 fully saturated rings. The Bertz CT molecular complexity index is 724. The molecule has 106 valence electrons. The van der Waals surface area contributed by atoms with Crippen LogP contribution in [-0.4, -0.2) is 18.5 Å². The van der Waals surface area contributed by atoms with Crippen LogP contribution < -0.4 is 14.8 Å². The van der Waals surface area contributed by atoms with Crippen molar-refractivity contribution in [1.82, 2.24) is 0 Å². The molecule has 21 heavy (non-hydrogen) atoms. The Hall–Kier alpha value is -2.82. The van der Waals surface area contributed by atoms with E-state index < -0.39 is 5.97 Å². The van der Waals surface area contributed by atoms with Gasteiger partial charge >= 0.3 is 5.97 Å². The molecule has 2 aromatic rings. The fourth-order valence-corrected chi connectivity index (χ4v) is 2.08. The van der Waals surface area contributed by atoms with Crippen molar-refractivity contribution in [2.24, 2.45) is 0 Å². The van der Waals surface area contributed by atoms with Crippen LogP contribution in [0.3, 0.4) is 0 Å². The minimum absolute atomic E-state index is 0.0395. The molecule has 1 N–H and O–H groups in total. The molecule has 0 spiro atoms. The molecule has 0 atom stereocenters. The van der Waals surface area contributed by atoms with Crippen LogP contribution in [0.2, 0.25) is 0 Å². The van der Waals surface area contributed by atoms with E-state index in [-0.39, 0.29) is 12.5 Å². The molecular formula is C16H13NO4. The van der Waals surface area contributed by atoms with Crippen molar-refractivity contribution in [2.45, 2.75) is 6.92 Å². The first-order chi connectivity index (χ1) is 10.1. The number of nitrogens with one attached hydrogen (secondary N) is 1. The first kappa shape index (κ1) is 13.2. The van der Waals surface area contributed by atoms with E-state index in [1.807, 2.05) is 19.1 Å². The van der Waals surface area contributed by atoms with Gasteiger partial charge in [0.25, 0.3) is 5.91 Å². The van der Waals surface area contributed by atoms with Crippen LogP contribution in [0.1, 0.15) is 15.9 Å². The molecule has 0 bridgehead atoms. The summed E-state index contributed by atoms with van der Waals surface area (Å²) < 4.78 is 10.6. The topological polar surface area (TPSA) is 64.6 Å². The molecule has 0 saturated carbocycles. The third-order valence-corrected chi connectivity index (χ3v) is 3.16. The van der Waals surface area contributed by atoms with Gasteiger partial charge in [-0.2, -0.15) is 0 Å². The highest BCUT2D eigenvalue weighted by molar-refractivity contribution is 5.96. The van der Waals surface area contributed by atoms with Crippen molar-refractivity contribution in [2.75, 3.05) is 11.9 Å². The van der Waals surface area contributed by atoms with Crippen LogP contribution in [0.5, 0.6) is 11.5 Å². The number of benzene rings is 2. The third kappa shape index (κ3) is 2.72. The van der Waals surface area contributed by atoms with Crippen molar-refractivity contribution in [3.63, 3.8) is 0 Å². The van der Waals surface area contributed by atoms with Crippen LogP contribution in [0.4, 0.5) is 5.69 Å². The first-order valence-electron chi connectivity index (χ1n) is 6.48. The van der Waals surface area contributed by atoms with Gasteiger partial charge in [0.1, 0.15) is 11.5 Å². The van der Waals surface area contributed by atoms with Gasteiger partial charge in [-0.25, -0.2) is 4.79 Å². The largest absolute Gasteiger partial charge is 0.481 e. The highest BCUT2D eigenvalue weighted by atomic mass is 16.5. The molecule has 2 aromatic carbocycles. The summed E-state index contributed by atoms with van der Waals surface area (Å²) in [4.78, 5) is 23.3. The smallest absolute Gasteiger partial charge is 0.343 e. The van der Waals surface area contributed by atoms with Gasteiger partial charge in [-0.1, -0.05) is 18.2 Å². The van der Waals surface area contributed by atoms with E-state index in [0.29, 0.717) is 22.7 Å². The molecule has 3 rings (SSSR count). The Balaban J connectivity index is 1.81. The average Bonchev–Trinajstić information content (AvgIpc) is 2.48. The Kier molecular flexibility index (Phi) is 3.31. The van der Waals surface area contributed by atoms with Gasteiger partial charge in [0, 0.05) is 6.07 Å². The minimum atomic E-state index is -0.423. The summed E-state index contributed by atoms with van der Waals surface area (Å²) in [5, 5.41) is 2.68. The standard InChI is InChI=1S/C16H13NO4/c1-10-4-2-3-5-12(10)16(19)21-11-6-7-13-14(8-11)20-9-15(18)17-13/h2-8H,9H2,1H3,(H,17,18). The maximum atomic E-state index is 12.1. The molecule has 1 amide bonds. The predicted molar refractivity (Wildman–Crippen MR) is 76.7 cm³/mol. The van der Waals surface area contributed by atoms with Crippen LogP contribution in [-0.2, 0) is 4.79 Å². The van der Waals surface area contributed by atoms with Gasteiger partial charge in [0.15, 0.2) is 6.61 Å². The monoisotopic (exact) mass is 283 g/mol. The highest BCUT2D eigenvalue weighted by Gasteiger charge is 2.18. The molecule has 0 aromatic heterocycles. The van der Waals surface area contributed by atoms with Gasteiger partial charge < -0.3 is 14.8 Å². The number of fused-ring (bicyclic) bond motifs is 1. The van der Waals surface area contributed by atoms with Crippen molar-refractivity contribution in [3.8, 4) is 11.5 Å². The summed E-state index contributed by atoms with van der Waals surface area (Å²) in [5.41, 5.74) is 1.94. The van der Waals surface area contributed by atoms with Gasteiger partial charge in [-0.15, -0.1) is 0 Å². The van der Waals surface area contributed by atoms with Crippen molar-refractivity contribution in [3.05, 3.63) is 53.6 Å². The summed E-state index contributed by atoms with van der Waals surface area (Å²) in [7, 11) is 0. The third-order valence-electron chi connectivity index (χ3n) is 3.16. The molecule has 5 heteroatoms. The Morgan fingerprint density at radius 3 is 2.86 bits per heavy atom. The van der Waals surface area contributed by atoms with E-state index in [4.69, 9.17) is 9.47 Å². The van der Waals surface area contributed by atoms with E-state index in [0.717, 1.165) is 5.56 Å². The number of anilines is 1. The lowest BCUT2D eigenvalue weighted by atomic mass is 10.1. The zero-order chi connectivity index (χ0) is 14.8. The number of aryl methyl sites for hydroxylation is 1. The molecule has 1 heterocycles. The zero-order valence-corrected chi connectivity index (χ0v) is 11.4. The van der Waals surface area contributed by atoms with E-state index in [1.54, 1.807) is 30.3 Å². The van der Waals surface area contributed by atoms with E-state index >= 15 is 0 Å². The maximum absolute atomic E-state index is 12.1. The summed E-state index contributed by atoms with van der Waals surface area (Å²) in [6.45, 7) is 1.81. The molecule has 0 unspecified atom stereocenters. The van der Waals surface area contributed by atoms with Crippen LogP contribution >= 0.6 is 0 Å². The number of rotatable bonds is 2. The number of amides is 1. The fraction of sp³-hybridized carbons (Fsp3) is 0.125. The molecule has 0 saturated heterocycles. The van der Waals surface area contributed by atoms with Crippen molar-refractivity contribution in [1.29, 1.82) is 0 Å². The lowest BCUT2D eigenvalue weighted by molar-refractivity contribution is -0.118. The lowest BCUT2D eigenvalue weighted by Gasteiger charge is -2.18. The summed E-state index contributed by atoms with van der Waals surface area (Å²) in [6.07, 6.45) is 0. The SMILES string of the molecule is Cc1ccccc1C(=O)Oc1ccc2c(c1)OCC(=O)N2. The Labute approximate surface area is 121 Å². The Morgan fingerprint density at radius 2 is 2.05 bits per heavy atom. The summed E-state index contributed by atoms with van der Waals surface area (Å²) in [5.74, 6) is 0.239. The normalized spacial score (nSPS) is 12.9. The molecular weight excluding hydrogens is 270 g/mol. The second-order valence-electron chi connectivity index (χ2n) is 4.70. The number of esters is 1. The number of carbonyl (C=O) groups is 2. The van der Waals surface area contributed by atoms with Crippen LogP contribution in [0.15, 0.2) is 42.5 Å². The Morgan fingerprint density at radius 1 is 1.24 bits per heavy atom. The summed E-state index contributed by atoms with van der Waals surface area (Å²) in [6, 6.07) is 12.1. The number of ether oxygens (including phenoxy) is 2. The molecule has 1 aliphatic heterocycles. The van der Waals surface area contributed by atoms with E-state index in [1.165, 1.54) is 0 Å². The van der Waals surface area contributed by atoms with Crippen LogP contribution in [0.25, 0.3) is 0 Å². The summed E-state index contributed by atoms with van der Waals surface area (Å²) >= 11 is 0. The number of hydrogen-bond acceptors (Lipinski definition) is 4. The quantitative estimate of drug-likeness (QED) is 0.679. The molecule has 0 radical (unpaired) electrons. The van der Waals surface area contributed by atoms with Gasteiger partial charge in [-0.05, 0) is 30.7 Å². The minimum Gasteiger partial charge on any atom is -0.481 e. The fourth-order valence-electron chi connectivity index (χ4n) is 2.08. The zero-order valence-electron chi connectivity index (χ0n) is 11.4. The molecule has 0 aliphatic carbocycles. The number of hydrogen-bond donors (Lipinski definition) is 1. The van der Waals surface area contributed by atoms with Gasteiger partial charge in [0.2, 0.25) is 0 Å². The lowest BCUT2D eigenvalue weighted by Crippen LogP contribution is -2.25. The van der Waals surface area contributed by atoms with Crippen molar-refractivity contribution >= 4 is 17.6 Å². The average molecular weight is 283 g/mol. The maximum Gasteiger partial charge on any atom is 0.343 e. The second kappa shape index (κ2) is 5.28. The molecule has 1 aliphatic rings.